The van der Waals surface area contributed by atoms with E-state index in [1.807, 2.05) is 24.0 Å². The van der Waals surface area contributed by atoms with Crippen LogP contribution in [0.2, 0.25) is 4.34 Å². The molecule has 5 heteroatoms. The Balaban J connectivity index is 1.98. The van der Waals surface area contributed by atoms with E-state index in [1.165, 1.54) is 0 Å². The van der Waals surface area contributed by atoms with Gasteiger partial charge in [-0.05, 0) is 45.4 Å². The molecule has 2 heterocycles. The molecular weight excluding hydrogens is 280 g/mol. The van der Waals surface area contributed by atoms with Crippen molar-refractivity contribution in [3.63, 3.8) is 0 Å². The van der Waals surface area contributed by atoms with Crippen molar-refractivity contribution in [1.29, 1.82) is 0 Å². The molecule has 0 aliphatic carbocycles. The van der Waals surface area contributed by atoms with Crippen molar-refractivity contribution < 1.29 is 4.79 Å². The molecular formula is C14H21ClN2OS. The van der Waals surface area contributed by atoms with Crippen LogP contribution < -0.4 is 5.32 Å². The van der Waals surface area contributed by atoms with Gasteiger partial charge < -0.3 is 10.2 Å². The quantitative estimate of drug-likeness (QED) is 0.926. The molecule has 2 unspecified atom stereocenters. The highest BCUT2D eigenvalue weighted by molar-refractivity contribution is 7.16. The SMILES string of the molecule is CCN(Cc1ccc(Cl)s1)C(=O)C1CCNC(C)C1. The third kappa shape index (κ3) is 3.94. The van der Waals surface area contributed by atoms with E-state index in [0.717, 1.165) is 35.1 Å². The number of carbonyl (C=O) groups excluding carboxylic acids is 1. The molecule has 2 rings (SSSR count). The minimum atomic E-state index is 0.173. The Kier molecular flexibility index (Phi) is 5.25. The van der Waals surface area contributed by atoms with Gasteiger partial charge in [0.05, 0.1) is 10.9 Å². The van der Waals surface area contributed by atoms with Gasteiger partial charge in [-0.25, -0.2) is 0 Å². The number of piperidine rings is 1. The fourth-order valence-electron chi connectivity index (χ4n) is 2.58. The number of amides is 1. The lowest BCUT2D eigenvalue weighted by atomic mass is 9.92. The van der Waals surface area contributed by atoms with Crippen molar-refractivity contribution in [2.75, 3.05) is 13.1 Å². The number of hydrogen-bond donors (Lipinski definition) is 1. The Morgan fingerprint density at radius 2 is 2.37 bits per heavy atom. The van der Waals surface area contributed by atoms with Crippen molar-refractivity contribution in [1.82, 2.24) is 10.2 Å². The molecule has 2 atom stereocenters. The predicted molar refractivity (Wildman–Crippen MR) is 80.6 cm³/mol. The van der Waals surface area contributed by atoms with E-state index in [0.29, 0.717) is 18.5 Å². The summed E-state index contributed by atoms with van der Waals surface area (Å²) in [6, 6.07) is 4.35. The summed E-state index contributed by atoms with van der Waals surface area (Å²) in [4.78, 5) is 15.7. The van der Waals surface area contributed by atoms with Crippen LogP contribution in [0, 0.1) is 5.92 Å². The molecule has 1 aliphatic heterocycles. The topological polar surface area (TPSA) is 32.3 Å². The van der Waals surface area contributed by atoms with Crippen LogP contribution >= 0.6 is 22.9 Å². The van der Waals surface area contributed by atoms with E-state index < -0.39 is 0 Å². The number of hydrogen-bond acceptors (Lipinski definition) is 3. The van der Waals surface area contributed by atoms with Gasteiger partial charge in [0.2, 0.25) is 5.91 Å². The largest absolute Gasteiger partial charge is 0.338 e. The number of nitrogens with zero attached hydrogens (tertiary/aromatic N) is 1. The molecule has 1 aromatic rings. The first kappa shape index (κ1) is 14.8. The molecule has 1 N–H and O–H groups in total. The Bertz CT molecular complexity index is 435. The Hall–Kier alpha value is -0.580. The summed E-state index contributed by atoms with van der Waals surface area (Å²) in [6.45, 7) is 6.57. The van der Waals surface area contributed by atoms with Gasteiger partial charge in [-0.3, -0.25) is 4.79 Å². The lowest BCUT2D eigenvalue weighted by molar-refractivity contribution is -0.137. The first-order chi connectivity index (χ1) is 9.10. The fourth-order valence-corrected chi connectivity index (χ4v) is 3.69. The third-order valence-corrected chi connectivity index (χ3v) is 4.86. The highest BCUT2D eigenvalue weighted by Gasteiger charge is 2.28. The van der Waals surface area contributed by atoms with Gasteiger partial charge in [0.1, 0.15) is 0 Å². The summed E-state index contributed by atoms with van der Waals surface area (Å²) in [7, 11) is 0. The molecule has 1 saturated heterocycles. The van der Waals surface area contributed by atoms with E-state index in [9.17, 15) is 4.79 Å². The zero-order valence-corrected chi connectivity index (χ0v) is 13.1. The van der Waals surface area contributed by atoms with Crippen LogP contribution in [0.15, 0.2) is 12.1 Å². The van der Waals surface area contributed by atoms with Crippen LogP contribution in [0.25, 0.3) is 0 Å². The van der Waals surface area contributed by atoms with Gasteiger partial charge in [-0.1, -0.05) is 11.6 Å². The molecule has 0 spiro atoms. The Morgan fingerprint density at radius 1 is 1.58 bits per heavy atom. The first-order valence-corrected chi connectivity index (χ1v) is 8.06. The van der Waals surface area contributed by atoms with Crippen molar-refractivity contribution in [3.8, 4) is 0 Å². The molecule has 1 aliphatic rings. The molecule has 19 heavy (non-hydrogen) atoms. The minimum absolute atomic E-state index is 0.173. The second-order valence-electron chi connectivity index (χ2n) is 5.13. The van der Waals surface area contributed by atoms with Crippen molar-refractivity contribution in [2.45, 2.75) is 39.3 Å². The van der Waals surface area contributed by atoms with Crippen LogP contribution in [0.1, 0.15) is 31.6 Å². The lowest BCUT2D eigenvalue weighted by Crippen LogP contribution is -2.43. The second kappa shape index (κ2) is 6.73. The maximum Gasteiger partial charge on any atom is 0.226 e. The third-order valence-electron chi connectivity index (χ3n) is 3.64. The second-order valence-corrected chi connectivity index (χ2v) is 6.93. The fraction of sp³-hybridized carbons (Fsp3) is 0.643. The molecule has 0 bridgehead atoms. The highest BCUT2D eigenvalue weighted by Crippen LogP contribution is 2.25. The molecule has 0 aromatic carbocycles. The van der Waals surface area contributed by atoms with Crippen LogP contribution in [0.5, 0.6) is 0 Å². The van der Waals surface area contributed by atoms with Gasteiger partial charge in [-0.15, -0.1) is 11.3 Å². The van der Waals surface area contributed by atoms with Crippen LogP contribution in [0.3, 0.4) is 0 Å². The van der Waals surface area contributed by atoms with E-state index in [2.05, 4.69) is 12.2 Å². The molecule has 0 saturated carbocycles. The first-order valence-electron chi connectivity index (χ1n) is 6.86. The molecule has 1 amide bonds. The average molecular weight is 301 g/mol. The zero-order valence-electron chi connectivity index (χ0n) is 11.5. The van der Waals surface area contributed by atoms with Gasteiger partial charge in [-0.2, -0.15) is 0 Å². The number of rotatable bonds is 4. The number of halogens is 1. The highest BCUT2D eigenvalue weighted by atomic mass is 35.5. The monoisotopic (exact) mass is 300 g/mol. The molecule has 1 aromatic heterocycles. The van der Waals surface area contributed by atoms with Gasteiger partial charge in [0.25, 0.3) is 0 Å². The van der Waals surface area contributed by atoms with Gasteiger partial charge in [0.15, 0.2) is 0 Å². The standard InChI is InChI=1S/C14H21ClN2OS/c1-3-17(9-12-4-5-13(15)19-12)14(18)11-6-7-16-10(2)8-11/h4-5,10-11,16H,3,6-9H2,1-2H3. The molecule has 1 fully saturated rings. The van der Waals surface area contributed by atoms with Gasteiger partial charge in [0, 0.05) is 23.4 Å². The van der Waals surface area contributed by atoms with Crippen LogP contribution in [-0.4, -0.2) is 29.9 Å². The van der Waals surface area contributed by atoms with E-state index >= 15 is 0 Å². The number of nitrogens with one attached hydrogen (secondary N) is 1. The summed E-state index contributed by atoms with van der Waals surface area (Å²) in [5, 5.41) is 3.39. The van der Waals surface area contributed by atoms with E-state index in [-0.39, 0.29) is 5.92 Å². The maximum absolute atomic E-state index is 12.6. The zero-order chi connectivity index (χ0) is 13.8. The van der Waals surface area contributed by atoms with Crippen molar-refractivity contribution >= 4 is 28.8 Å². The van der Waals surface area contributed by atoms with E-state index in [4.69, 9.17) is 11.6 Å². The summed E-state index contributed by atoms with van der Waals surface area (Å²) >= 11 is 7.50. The smallest absolute Gasteiger partial charge is 0.226 e. The Labute approximate surface area is 123 Å². The number of carbonyl (C=O) groups is 1. The summed E-state index contributed by atoms with van der Waals surface area (Å²) in [5.41, 5.74) is 0. The maximum atomic E-state index is 12.6. The number of thiophene rings is 1. The van der Waals surface area contributed by atoms with Crippen LogP contribution in [0.4, 0.5) is 0 Å². The molecule has 0 radical (unpaired) electrons. The molecule has 3 nitrogen and oxygen atoms in total. The average Bonchev–Trinajstić information content (AvgIpc) is 2.81. The summed E-state index contributed by atoms with van der Waals surface area (Å²) < 4.78 is 0.786. The van der Waals surface area contributed by atoms with Crippen molar-refractivity contribution in [2.24, 2.45) is 5.92 Å². The minimum Gasteiger partial charge on any atom is -0.338 e. The van der Waals surface area contributed by atoms with Gasteiger partial charge >= 0.3 is 0 Å². The van der Waals surface area contributed by atoms with Crippen molar-refractivity contribution in [3.05, 3.63) is 21.3 Å². The summed E-state index contributed by atoms with van der Waals surface area (Å²) in [5.74, 6) is 0.465. The van der Waals surface area contributed by atoms with E-state index in [1.54, 1.807) is 11.3 Å². The normalized spacial score (nSPS) is 23.3. The van der Waals surface area contributed by atoms with Crippen LogP contribution in [-0.2, 0) is 11.3 Å². The summed E-state index contributed by atoms with van der Waals surface area (Å²) in [6.07, 6.45) is 1.89. The molecule has 106 valence electrons. The predicted octanol–water partition coefficient (Wildman–Crippen LogP) is 3.14. The Morgan fingerprint density at radius 3 is 2.95 bits per heavy atom. The lowest BCUT2D eigenvalue weighted by Gasteiger charge is -2.31.